The fourth-order valence-corrected chi connectivity index (χ4v) is 2.69. The zero-order valence-electron chi connectivity index (χ0n) is 11.3. The molecule has 1 unspecified atom stereocenters. The Kier molecular flexibility index (Phi) is 5.10. The van der Waals surface area contributed by atoms with Gasteiger partial charge in [0.1, 0.15) is 11.6 Å². The van der Waals surface area contributed by atoms with Crippen molar-refractivity contribution >= 4 is 11.6 Å². The predicted octanol–water partition coefficient (Wildman–Crippen LogP) is 3.55. The summed E-state index contributed by atoms with van der Waals surface area (Å²) in [5, 5.41) is 0. The van der Waals surface area contributed by atoms with E-state index in [1.807, 2.05) is 6.92 Å². The molecule has 0 radical (unpaired) electrons. The third-order valence-corrected chi connectivity index (χ3v) is 4.03. The van der Waals surface area contributed by atoms with Crippen LogP contribution in [0.4, 0.5) is 0 Å². The number of carbonyl (C=O) groups is 2. The Morgan fingerprint density at radius 3 is 2.53 bits per heavy atom. The molecule has 0 N–H and O–H groups in total. The number of rotatable bonds is 6. The van der Waals surface area contributed by atoms with Gasteiger partial charge in [0.2, 0.25) is 0 Å². The summed E-state index contributed by atoms with van der Waals surface area (Å²) < 4.78 is 0. The Morgan fingerprint density at radius 1 is 1.47 bits per heavy atom. The van der Waals surface area contributed by atoms with Crippen LogP contribution < -0.4 is 0 Å². The molecular weight excluding hydrogens is 212 g/mol. The first-order valence-electron chi connectivity index (χ1n) is 6.59. The lowest BCUT2D eigenvalue weighted by Crippen LogP contribution is -2.18. The van der Waals surface area contributed by atoms with E-state index in [9.17, 15) is 9.59 Å². The highest BCUT2D eigenvalue weighted by atomic mass is 16.1. The highest BCUT2D eigenvalue weighted by Crippen LogP contribution is 2.35. The van der Waals surface area contributed by atoms with Crippen molar-refractivity contribution in [1.29, 1.82) is 0 Å². The molecule has 1 rings (SSSR count). The molecule has 1 aliphatic carbocycles. The fourth-order valence-electron chi connectivity index (χ4n) is 2.69. The minimum absolute atomic E-state index is 0.198. The van der Waals surface area contributed by atoms with Crippen molar-refractivity contribution in [2.24, 2.45) is 17.8 Å². The highest BCUT2D eigenvalue weighted by Gasteiger charge is 2.33. The van der Waals surface area contributed by atoms with Gasteiger partial charge in [-0.05, 0) is 44.9 Å². The minimum atomic E-state index is 0.198. The summed E-state index contributed by atoms with van der Waals surface area (Å²) in [5.74, 6) is 1.66. The molecule has 0 spiro atoms. The average Bonchev–Trinajstić information content (AvgIpc) is 2.53. The van der Waals surface area contributed by atoms with Crippen LogP contribution in [0, 0.1) is 17.8 Å². The van der Waals surface area contributed by atoms with Crippen molar-refractivity contribution in [3.8, 4) is 0 Å². The van der Waals surface area contributed by atoms with E-state index in [1.54, 1.807) is 6.92 Å². The van der Waals surface area contributed by atoms with Gasteiger partial charge in [0, 0.05) is 18.8 Å². The summed E-state index contributed by atoms with van der Waals surface area (Å²) in [7, 11) is 0. The Labute approximate surface area is 104 Å². The van der Waals surface area contributed by atoms with Gasteiger partial charge in [0.05, 0.1) is 0 Å². The van der Waals surface area contributed by atoms with Gasteiger partial charge in [-0.25, -0.2) is 0 Å². The molecule has 1 saturated carbocycles. The minimum Gasteiger partial charge on any atom is -0.300 e. The van der Waals surface area contributed by atoms with Gasteiger partial charge in [-0.3, -0.25) is 4.79 Å². The first kappa shape index (κ1) is 14.1. The van der Waals surface area contributed by atoms with Crippen molar-refractivity contribution < 1.29 is 9.59 Å². The quantitative estimate of drug-likeness (QED) is 0.661. The molecule has 96 valence electrons. The number of carbonyl (C=O) groups excluding carboxylic acids is 2. The topological polar surface area (TPSA) is 34.1 Å². The zero-order chi connectivity index (χ0) is 13.0. The molecule has 1 aliphatic rings. The lowest BCUT2D eigenvalue weighted by molar-refractivity contribution is -0.121. The maximum atomic E-state index is 11.8. The lowest BCUT2D eigenvalue weighted by atomic mass is 9.82. The Bertz CT molecular complexity index is 317. The van der Waals surface area contributed by atoms with Gasteiger partial charge in [0.15, 0.2) is 0 Å². The smallest absolute Gasteiger partial charge is 0.136 e. The predicted molar refractivity (Wildman–Crippen MR) is 69.7 cm³/mol. The second-order valence-electron chi connectivity index (χ2n) is 5.61. The molecule has 0 aromatic heterocycles. The van der Waals surface area contributed by atoms with Gasteiger partial charge in [0.25, 0.3) is 0 Å². The molecule has 1 fully saturated rings. The van der Waals surface area contributed by atoms with Crippen LogP contribution in [0.1, 0.15) is 52.9 Å². The fraction of sp³-hybridized carbons (Fsp3) is 0.733. The number of ketones is 2. The van der Waals surface area contributed by atoms with E-state index in [0.29, 0.717) is 24.0 Å². The largest absolute Gasteiger partial charge is 0.300 e. The summed E-state index contributed by atoms with van der Waals surface area (Å²) in [4.78, 5) is 22.8. The third kappa shape index (κ3) is 4.10. The maximum Gasteiger partial charge on any atom is 0.136 e. The van der Waals surface area contributed by atoms with E-state index in [1.165, 1.54) is 0 Å². The van der Waals surface area contributed by atoms with Crippen LogP contribution in [0.2, 0.25) is 0 Å². The van der Waals surface area contributed by atoms with Crippen LogP contribution in [0.3, 0.4) is 0 Å². The van der Waals surface area contributed by atoms with E-state index in [-0.39, 0.29) is 11.7 Å². The van der Waals surface area contributed by atoms with Crippen LogP contribution in [0.15, 0.2) is 12.2 Å². The Balaban J connectivity index is 2.57. The molecule has 0 bridgehead atoms. The standard InChI is InChI=1S/C15H24O2/c1-10(2)13(7-6-12(4)16)9-14-11(3)5-8-15(14)17/h11,13-14H,1,5-9H2,2-4H3/t11-,13?,14+/m0/s1. The van der Waals surface area contributed by atoms with Crippen LogP contribution >= 0.6 is 0 Å². The number of allylic oxidation sites excluding steroid dienone is 1. The van der Waals surface area contributed by atoms with Gasteiger partial charge in [-0.15, -0.1) is 0 Å². The van der Waals surface area contributed by atoms with Crippen molar-refractivity contribution in [1.82, 2.24) is 0 Å². The highest BCUT2D eigenvalue weighted by molar-refractivity contribution is 5.83. The number of Topliss-reactive ketones (excluding diaryl/α,β-unsaturated/α-hetero) is 2. The van der Waals surface area contributed by atoms with Crippen molar-refractivity contribution in [3.05, 3.63) is 12.2 Å². The SMILES string of the molecule is C=C(C)C(CCC(C)=O)C[C@H]1C(=O)CC[C@@H]1C. The first-order chi connectivity index (χ1) is 7.91. The lowest BCUT2D eigenvalue weighted by Gasteiger charge is -2.22. The van der Waals surface area contributed by atoms with Crippen LogP contribution in [0.25, 0.3) is 0 Å². The number of hydrogen-bond acceptors (Lipinski definition) is 2. The van der Waals surface area contributed by atoms with E-state index in [2.05, 4.69) is 13.5 Å². The molecular formula is C15H24O2. The molecule has 17 heavy (non-hydrogen) atoms. The van der Waals surface area contributed by atoms with Crippen molar-refractivity contribution in [2.75, 3.05) is 0 Å². The summed E-state index contributed by atoms with van der Waals surface area (Å²) in [6.07, 6.45) is 4.11. The second kappa shape index (κ2) is 6.13. The summed E-state index contributed by atoms with van der Waals surface area (Å²) in [6.45, 7) is 9.80. The summed E-state index contributed by atoms with van der Waals surface area (Å²) in [6, 6.07) is 0. The molecule has 0 aromatic carbocycles. The molecule has 0 aromatic rings. The molecule has 2 heteroatoms. The summed E-state index contributed by atoms with van der Waals surface area (Å²) in [5.41, 5.74) is 1.11. The molecule has 0 saturated heterocycles. The van der Waals surface area contributed by atoms with Gasteiger partial charge in [-0.1, -0.05) is 19.1 Å². The van der Waals surface area contributed by atoms with Crippen LogP contribution in [0.5, 0.6) is 0 Å². The molecule has 3 atom stereocenters. The van der Waals surface area contributed by atoms with Crippen molar-refractivity contribution in [2.45, 2.75) is 52.9 Å². The zero-order valence-corrected chi connectivity index (χ0v) is 11.3. The maximum absolute atomic E-state index is 11.8. The number of hydrogen-bond donors (Lipinski definition) is 0. The van der Waals surface area contributed by atoms with E-state index >= 15 is 0 Å². The average molecular weight is 236 g/mol. The normalized spacial score (nSPS) is 25.9. The van der Waals surface area contributed by atoms with Crippen LogP contribution in [-0.4, -0.2) is 11.6 Å². The summed E-state index contributed by atoms with van der Waals surface area (Å²) >= 11 is 0. The molecule has 0 amide bonds. The van der Waals surface area contributed by atoms with Gasteiger partial charge < -0.3 is 4.79 Å². The second-order valence-corrected chi connectivity index (χ2v) is 5.61. The molecule has 0 heterocycles. The first-order valence-corrected chi connectivity index (χ1v) is 6.59. The van der Waals surface area contributed by atoms with E-state index in [0.717, 1.165) is 31.3 Å². The van der Waals surface area contributed by atoms with Crippen LogP contribution in [-0.2, 0) is 9.59 Å². The van der Waals surface area contributed by atoms with E-state index < -0.39 is 0 Å². The third-order valence-electron chi connectivity index (χ3n) is 4.03. The van der Waals surface area contributed by atoms with E-state index in [4.69, 9.17) is 0 Å². The molecule has 2 nitrogen and oxygen atoms in total. The van der Waals surface area contributed by atoms with Gasteiger partial charge in [-0.2, -0.15) is 0 Å². The molecule has 0 aliphatic heterocycles. The van der Waals surface area contributed by atoms with Gasteiger partial charge >= 0.3 is 0 Å². The monoisotopic (exact) mass is 236 g/mol. The van der Waals surface area contributed by atoms with Crippen molar-refractivity contribution in [3.63, 3.8) is 0 Å². The Morgan fingerprint density at radius 2 is 2.12 bits per heavy atom. The Hall–Kier alpha value is -0.920.